The maximum absolute atomic E-state index is 11.7. The van der Waals surface area contributed by atoms with Gasteiger partial charge in [0.1, 0.15) is 5.82 Å². The molecule has 0 aliphatic heterocycles. The molecule has 27 heavy (non-hydrogen) atoms. The molecular weight excluding hydrogens is 342 g/mol. The van der Waals surface area contributed by atoms with Crippen molar-refractivity contribution in [3.05, 3.63) is 82.9 Å². The van der Waals surface area contributed by atoms with Crippen molar-refractivity contribution < 1.29 is 4.79 Å². The fourth-order valence-electron chi connectivity index (χ4n) is 2.80. The fraction of sp³-hybridized carbons (Fsp3) is 0. The molecular formula is C20H15N5O2. The lowest BCUT2D eigenvalue weighted by Gasteiger charge is -2.09. The number of nitrogens with zero attached hydrogens (tertiary/aromatic N) is 2. The van der Waals surface area contributed by atoms with Gasteiger partial charge < -0.3 is 11.1 Å². The van der Waals surface area contributed by atoms with E-state index in [-0.39, 0.29) is 0 Å². The Morgan fingerprint density at radius 3 is 2.30 bits per heavy atom. The number of H-pyrrole nitrogens is 1. The number of hydrogen-bond acceptors (Lipinski definition) is 5. The van der Waals surface area contributed by atoms with Gasteiger partial charge in [-0.3, -0.25) is 9.78 Å². The maximum atomic E-state index is 11.7. The number of anilines is 2. The van der Waals surface area contributed by atoms with Gasteiger partial charge in [0.15, 0.2) is 5.65 Å². The molecule has 4 aromatic rings. The van der Waals surface area contributed by atoms with Crippen LogP contribution >= 0.6 is 0 Å². The summed E-state index contributed by atoms with van der Waals surface area (Å²) in [5.41, 5.74) is 8.42. The topological polar surface area (TPSA) is 114 Å². The standard InChI is InChI=1S/C20H15N5O2/c21-17(26)14-5-3-12(4-6-14)13-7-9-15(10-8-13)23-19-16-2-1-11-22-18(16)24-20(27)25-19/h1-11H,(H2,21,26)(H2,22,23,24,25,27). The minimum Gasteiger partial charge on any atom is -0.366 e. The van der Waals surface area contributed by atoms with Gasteiger partial charge in [0, 0.05) is 17.4 Å². The molecule has 2 aromatic heterocycles. The Morgan fingerprint density at radius 1 is 0.963 bits per heavy atom. The van der Waals surface area contributed by atoms with E-state index in [1.165, 1.54) is 0 Å². The number of carbonyl (C=O) groups excluding carboxylic acids is 1. The lowest BCUT2D eigenvalue weighted by atomic mass is 10.0. The Morgan fingerprint density at radius 2 is 1.63 bits per heavy atom. The van der Waals surface area contributed by atoms with E-state index in [0.29, 0.717) is 17.0 Å². The summed E-state index contributed by atoms with van der Waals surface area (Å²) in [6, 6.07) is 18.4. The second kappa shape index (κ2) is 6.72. The van der Waals surface area contributed by atoms with Gasteiger partial charge >= 0.3 is 5.69 Å². The van der Waals surface area contributed by atoms with Crippen molar-refractivity contribution >= 4 is 28.4 Å². The van der Waals surface area contributed by atoms with E-state index in [1.807, 2.05) is 42.5 Å². The Bertz CT molecular complexity index is 1180. The van der Waals surface area contributed by atoms with Crippen molar-refractivity contribution in [2.24, 2.45) is 5.73 Å². The van der Waals surface area contributed by atoms with E-state index in [2.05, 4.69) is 20.3 Å². The van der Waals surface area contributed by atoms with Gasteiger partial charge in [-0.2, -0.15) is 4.98 Å². The number of primary amides is 1. The molecule has 0 atom stereocenters. The average Bonchev–Trinajstić information content (AvgIpc) is 2.68. The van der Waals surface area contributed by atoms with E-state index >= 15 is 0 Å². The van der Waals surface area contributed by atoms with Crippen LogP contribution in [0.2, 0.25) is 0 Å². The van der Waals surface area contributed by atoms with Crippen LogP contribution in [0.25, 0.3) is 22.2 Å². The van der Waals surface area contributed by atoms with Gasteiger partial charge in [-0.05, 0) is 47.5 Å². The molecule has 0 radical (unpaired) electrons. The molecule has 4 rings (SSSR count). The van der Waals surface area contributed by atoms with Crippen LogP contribution in [0.1, 0.15) is 10.4 Å². The Labute approximate surface area is 153 Å². The van der Waals surface area contributed by atoms with Crippen LogP contribution in [0.4, 0.5) is 11.5 Å². The molecule has 0 aliphatic carbocycles. The molecule has 0 fully saturated rings. The summed E-state index contributed by atoms with van der Waals surface area (Å²) in [5.74, 6) is 0.0887. The lowest BCUT2D eigenvalue weighted by Crippen LogP contribution is -2.13. The van der Waals surface area contributed by atoms with Crippen LogP contribution in [0, 0.1) is 0 Å². The smallest absolute Gasteiger partial charge is 0.348 e. The molecule has 2 aromatic carbocycles. The van der Waals surface area contributed by atoms with Crippen molar-refractivity contribution in [2.75, 3.05) is 5.32 Å². The zero-order valence-corrected chi connectivity index (χ0v) is 14.1. The Hall–Kier alpha value is -4.00. The highest BCUT2D eigenvalue weighted by Gasteiger charge is 2.06. The number of fused-ring (bicyclic) bond motifs is 1. The minimum atomic E-state index is -0.463. The van der Waals surface area contributed by atoms with Crippen molar-refractivity contribution in [3.8, 4) is 11.1 Å². The third kappa shape index (κ3) is 3.38. The number of nitrogens with one attached hydrogen (secondary N) is 2. The normalized spacial score (nSPS) is 10.7. The molecule has 0 saturated heterocycles. The number of benzene rings is 2. The molecule has 0 aliphatic rings. The summed E-state index contributed by atoms with van der Waals surface area (Å²) in [6.45, 7) is 0. The quantitative estimate of drug-likeness (QED) is 0.520. The zero-order chi connectivity index (χ0) is 18.8. The second-order valence-electron chi connectivity index (χ2n) is 5.94. The first kappa shape index (κ1) is 16.5. The van der Waals surface area contributed by atoms with Crippen molar-refractivity contribution in [2.45, 2.75) is 0 Å². The van der Waals surface area contributed by atoms with Gasteiger partial charge in [0.05, 0.1) is 5.39 Å². The van der Waals surface area contributed by atoms with Gasteiger partial charge in [-0.25, -0.2) is 9.78 Å². The molecule has 7 heteroatoms. The predicted molar refractivity (Wildman–Crippen MR) is 104 cm³/mol. The molecule has 0 spiro atoms. The molecule has 0 bridgehead atoms. The van der Waals surface area contributed by atoms with Gasteiger partial charge in [0.2, 0.25) is 5.91 Å². The fourth-order valence-corrected chi connectivity index (χ4v) is 2.80. The third-order valence-electron chi connectivity index (χ3n) is 4.15. The number of carbonyl (C=O) groups is 1. The first-order chi connectivity index (χ1) is 13.1. The number of aromatic nitrogens is 3. The van der Waals surface area contributed by atoms with Gasteiger partial charge in [0.25, 0.3) is 0 Å². The molecule has 1 amide bonds. The molecule has 0 unspecified atom stereocenters. The molecule has 2 heterocycles. The maximum Gasteiger partial charge on any atom is 0.348 e. The summed E-state index contributed by atoms with van der Waals surface area (Å²) < 4.78 is 0. The zero-order valence-electron chi connectivity index (χ0n) is 14.1. The average molecular weight is 357 g/mol. The van der Waals surface area contributed by atoms with Crippen LogP contribution in [0.15, 0.2) is 71.7 Å². The van der Waals surface area contributed by atoms with Gasteiger partial charge in [-0.15, -0.1) is 0 Å². The highest BCUT2D eigenvalue weighted by molar-refractivity contribution is 5.93. The molecule has 7 nitrogen and oxygen atoms in total. The van der Waals surface area contributed by atoms with Crippen LogP contribution in [-0.4, -0.2) is 20.9 Å². The predicted octanol–water partition coefficient (Wildman–Crippen LogP) is 2.83. The number of rotatable bonds is 4. The van der Waals surface area contributed by atoms with Crippen LogP contribution < -0.4 is 16.7 Å². The summed E-state index contributed by atoms with van der Waals surface area (Å²) in [5, 5.41) is 3.92. The third-order valence-corrected chi connectivity index (χ3v) is 4.15. The van der Waals surface area contributed by atoms with Crippen molar-refractivity contribution in [3.63, 3.8) is 0 Å². The molecule has 0 saturated carbocycles. The summed E-state index contributed by atoms with van der Waals surface area (Å²) in [6.07, 6.45) is 1.59. The number of hydrogen-bond donors (Lipinski definition) is 3. The summed E-state index contributed by atoms with van der Waals surface area (Å²) in [7, 11) is 0. The Balaban J connectivity index is 1.62. The summed E-state index contributed by atoms with van der Waals surface area (Å²) in [4.78, 5) is 33.6. The number of aromatic amines is 1. The molecule has 132 valence electrons. The highest BCUT2D eigenvalue weighted by atomic mass is 16.1. The first-order valence-corrected chi connectivity index (χ1v) is 8.22. The minimum absolute atomic E-state index is 0.384. The number of pyridine rings is 1. The number of nitrogens with two attached hydrogens (primary N) is 1. The second-order valence-corrected chi connectivity index (χ2v) is 5.94. The monoisotopic (exact) mass is 357 g/mol. The highest BCUT2D eigenvalue weighted by Crippen LogP contribution is 2.25. The van der Waals surface area contributed by atoms with E-state index in [0.717, 1.165) is 22.2 Å². The number of amides is 1. The van der Waals surface area contributed by atoms with E-state index in [4.69, 9.17) is 5.73 Å². The van der Waals surface area contributed by atoms with Crippen LogP contribution in [-0.2, 0) is 0 Å². The van der Waals surface area contributed by atoms with E-state index in [1.54, 1.807) is 24.4 Å². The van der Waals surface area contributed by atoms with E-state index < -0.39 is 11.6 Å². The van der Waals surface area contributed by atoms with E-state index in [9.17, 15) is 9.59 Å². The van der Waals surface area contributed by atoms with Crippen LogP contribution in [0.5, 0.6) is 0 Å². The Kier molecular flexibility index (Phi) is 4.10. The van der Waals surface area contributed by atoms with Crippen molar-refractivity contribution in [1.29, 1.82) is 0 Å². The SMILES string of the molecule is NC(=O)c1ccc(-c2ccc(Nc3[nH]c(=O)nc4ncccc34)cc2)cc1. The lowest BCUT2D eigenvalue weighted by molar-refractivity contribution is 0.100. The molecule has 4 N–H and O–H groups in total. The van der Waals surface area contributed by atoms with Crippen molar-refractivity contribution in [1.82, 2.24) is 15.0 Å². The largest absolute Gasteiger partial charge is 0.366 e. The van der Waals surface area contributed by atoms with Crippen LogP contribution in [0.3, 0.4) is 0 Å². The first-order valence-electron chi connectivity index (χ1n) is 8.22. The summed E-state index contributed by atoms with van der Waals surface area (Å²) >= 11 is 0. The van der Waals surface area contributed by atoms with Gasteiger partial charge in [-0.1, -0.05) is 24.3 Å².